The van der Waals surface area contributed by atoms with Crippen LogP contribution in [0.15, 0.2) is 18.2 Å². The SMILES string of the molecule is CC1(C)CNC(=O)c2sc(Nc3ccc(I)cc3F)c(C(=O)N[C@@H]3CCN(C(=O)OC(C)(C)C)C3)c2C1. The highest BCUT2D eigenvalue weighted by atomic mass is 127. The minimum absolute atomic E-state index is 0.225. The molecule has 3 N–H and O–H groups in total. The lowest BCUT2D eigenvalue weighted by atomic mass is 9.85. The van der Waals surface area contributed by atoms with E-state index in [1.54, 1.807) is 17.0 Å². The number of nitrogens with one attached hydrogen (secondary N) is 3. The number of ether oxygens (including phenoxy) is 1. The first-order valence-electron chi connectivity index (χ1n) is 12.2. The van der Waals surface area contributed by atoms with Crippen LogP contribution in [0.2, 0.25) is 0 Å². The summed E-state index contributed by atoms with van der Waals surface area (Å²) >= 11 is 3.19. The van der Waals surface area contributed by atoms with Gasteiger partial charge < -0.3 is 25.6 Å². The van der Waals surface area contributed by atoms with Gasteiger partial charge in [-0.15, -0.1) is 11.3 Å². The van der Waals surface area contributed by atoms with Crippen molar-refractivity contribution >= 4 is 62.5 Å². The maximum Gasteiger partial charge on any atom is 0.410 e. The van der Waals surface area contributed by atoms with Gasteiger partial charge in [0.05, 0.1) is 16.1 Å². The van der Waals surface area contributed by atoms with Gasteiger partial charge >= 0.3 is 6.09 Å². The maximum atomic E-state index is 14.7. The van der Waals surface area contributed by atoms with Crippen LogP contribution in [0.3, 0.4) is 0 Å². The van der Waals surface area contributed by atoms with Crippen molar-refractivity contribution in [3.05, 3.63) is 43.6 Å². The van der Waals surface area contributed by atoms with E-state index in [1.165, 1.54) is 6.07 Å². The molecule has 2 aliphatic heterocycles. The number of thiophene rings is 1. The number of rotatable bonds is 4. The van der Waals surface area contributed by atoms with Crippen LogP contribution in [0.5, 0.6) is 0 Å². The van der Waals surface area contributed by atoms with E-state index in [9.17, 15) is 18.8 Å². The van der Waals surface area contributed by atoms with Crippen LogP contribution in [-0.4, -0.2) is 54.1 Å². The van der Waals surface area contributed by atoms with E-state index in [0.717, 1.165) is 14.9 Å². The number of halogens is 2. The van der Waals surface area contributed by atoms with Crippen molar-refractivity contribution in [2.24, 2.45) is 5.41 Å². The summed E-state index contributed by atoms with van der Waals surface area (Å²) in [6, 6.07) is 4.51. The Morgan fingerprint density at radius 1 is 1.30 bits per heavy atom. The average molecular weight is 643 g/mol. The molecule has 3 heterocycles. The molecule has 1 atom stereocenters. The lowest BCUT2D eigenvalue weighted by molar-refractivity contribution is 0.0290. The molecular formula is C26H32FIN4O4S. The molecule has 0 radical (unpaired) electrons. The lowest BCUT2D eigenvalue weighted by Crippen LogP contribution is -2.40. The number of hydrogen-bond acceptors (Lipinski definition) is 6. The summed E-state index contributed by atoms with van der Waals surface area (Å²) < 4.78 is 20.9. The van der Waals surface area contributed by atoms with E-state index >= 15 is 0 Å². The Balaban J connectivity index is 1.63. The van der Waals surface area contributed by atoms with Gasteiger partial charge in [-0.2, -0.15) is 0 Å². The minimum atomic E-state index is -0.606. The molecule has 2 aliphatic rings. The summed E-state index contributed by atoms with van der Waals surface area (Å²) in [6.45, 7) is 10.8. The number of nitrogens with zero attached hydrogens (tertiary/aromatic N) is 1. The normalized spacial score (nSPS) is 19.1. The van der Waals surface area contributed by atoms with Gasteiger partial charge in [-0.3, -0.25) is 9.59 Å². The molecule has 1 aromatic heterocycles. The number of carbonyl (C=O) groups is 3. The molecule has 3 amide bonds. The Kier molecular flexibility index (Phi) is 7.76. The van der Waals surface area contributed by atoms with E-state index < -0.39 is 17.5 Å². The summed E-state index contributed by atoms with van der Waals surface area (Å²) in [7, 11) is 0. The van der Waals surface area contributed by atoms with Crippen molar-refractivity contribution in [2.45, 2.75) is 59.1 Å². The zero-order chi connectivity index (χ0) is 27.1. The monoisotopic (exact) mass is 642 g/mol. The van der Waals surface area contributed by atoms with E-state index in [-0.39, 0.29) is 29.0 Å². The fourth-order valence-corrected chi connectivity index (χ4v) is 6.03. The molecule has 11 heteroatoms. The van der Waals surface area contributed by atoms with Gasteiger partial charge in [0, 0.05) is 29.2 Å². The average Bonchev–Trinajstić information content (AvgIpc) is 3.35. The van der Waals surface area contributed by atoms with Crippen molar-refractivity contribution in [1.29, 1.82) is 0 Å². The molecule has 0 spiro atoms. The van der Waals surface area contributed by atoms with Crippen molar-refractivity contribution in [3.63, 3.8) is 0 Å². The summed E-state index contributed by atoms with van der Waals surface area (Å²) in [5.74, 6) is -1.05. The topological polar surface area (TPSA) is 99.8 Å². The Hall–Kier alpha value is -2.41. The Labute approximate surface area is 233 Å². The van der Waals surface area contributed by atoms with Gasteiger partial charge in [0.15, 0.2) is 0 Å². The third kappa shape index (κ3) is 6.54. The van der Waals surface area contributed by atoms with Crippen LogP contribution in [0, 0.1) is 14.8 Å². The Morgan fingerprint density at radius 3 is 2.70 bits per heavy atom. The lowest BCUT2D eigenvalue weighted by Gasteiger charge is -2.24. The van der Waals surface area contributed by atoms with Crippen LogP contribution in [0.25, 0.3) is 0 Å². The quantitative estimate of drug-likeness (QED) is 0.394. The summed E-state index contributed by atoms with van der Waals surface area (Å²) in [5.41, 5.74) is 0.341. The molecule has 8 nitrogen and oxygen atoms in total. The van der Waals surface area contributed by atoms with Gasteiger partial charge in [0.1, 0.15) is 16.4 Å². The first kappa shape index (κ1) is 27.6. The number of carbonyl (C=O) groups excluding carboxylic acids is 3. The summed E-state index contributed by atoms with van der Waals surface area (Å²) in [6.07, 6.45) is 0.674. The van der Waals surface area contributed by atoms with Gasteiger partial charge in [0.2, 0.25) is 0 Å². The Bertz CT molecular complexity index is 1240. The first-order chi connectivity index (χ1) is 17.2. The van der Waals surface area contributed by atoms with Crippen molar-refractivity contribution in [1.82, 2.24) is 15.5 Å². The first-order valence-corrected chi connectivity index (χ1v) is 14.1. The molecule has 37 heavy (non-hydrogen) atoms. The molecule has 1 aromatic carbocycles. The van der Waals surface area contributed by atoms with Crippen LogP contribution >= 0.6 is 33.9 Å². The number of amides is 3. The van der Waals surface area contributed by atoms with Gasteiger partial charge in [-0.25, -0.2) is 9.18 Å². The second kappa shape index (κ2) is 10.4. The molecule has 1 saturated heterocycles. The summed E-state index contributed by atoms with van der Waals surface area (Å²) in [4.78, 5) is 41.1. The van der Waals surface area contributed by atoms with E-state index in [2.05, 4.69) is 16.0 Å². The summed E-state index contributed by atoms with van der Waals surface area (Å²) in [5, 5.41) is 9.47. The smallest absolute Gasteiger partial charge is 0.410 e. The van der Waals surface area contributed by atoms with Crippen LogP contribution in [0.4, 0.5) is 19.9 Å². The van der Waals surface area contributed by atoms with Crippen LogP contribution in [-0.2, 0) is 11.2 Å². The number of hydrogen-bond donors (Lipinski definition) is 3. The Morgan fingerprint density at radius 2 is 2.03 bits per heavy atom. The van der Waals surface area contributed by atoms with Gasteiger partial charge in [-0.05, 0) is 85.4 Å². The van der Waals surface area contributed by atoms with Gasteiger partial charge in [-0.1, -0.05) is 13.8 Å². The highest BCUT2D eigenvalue weighted by Crippen LogP contribution is 2.40. The predicted octanol–water partition coefficient (Wildman–Crippen LogP) is 5.29. The van der Waals surface area contributed by atoms with Crippen LogP contribution < -0.4 is 16.0 Å². The largest absolute Gasteiger partial charge is 0.444 e. The molecule has 0 unspecified atom stereocenters. The number of likely N-dealkylation sites (tertiary alicyclic amines) is 1. The third-order valence-electron chi connectivity index (χ3n) is 6.18. The second-order valence-corrected chi connectivity index (χ2v) is 13.5. The molecule has 1 fully saturated rings. The third-order valence-corrected chi connectivity index (χ3v) is 7.99. The van der Waals surface area contributed by atoms with Crippen molar-refractivity contribution < 1.29 is 23.5 Å². The standard InChI is InChI=1S/C26H32FIN4O4S/c1-25(2,3)36-24(35)32-9-8-15(12-32)30-21(33)19-16-11-26(4,5)13-29-22(34)20(16)37-23(19)31-18-7-6-14(28)10-17(18)27/h6-7,10,15,31H,8-9,11-13H2,1-5H3,(H,29,34)(H,30,33)/t15-/m1/s1. The molecule has 4 rings (SSSR count). The molecule has 0 bridgehead atoms. The van der Waals surface area contributed by atoms with E-state index in [0.29, 0.717) is 53.5 Å². The maximum absolute atomic E-state index is 14.7. The van der Waals surface area contributed by atoms with Crippen molar-refractivity contribution in [3.8, 4) is 0 Å². The fraction of sp³-hybridized carbons (Fsp3) is 0.500. The fourth-order valence-electron chi connectivity index (χ4n) is 4.43. The van der Waals surface area contributed by atoms with E-state index in [1.807, 2.05) is 57.2 Å². The van der Waals surface area contributed by atoms with Gasteiger partial charge in [0.25, 0.3) is 11.8 Å². The minimum Gasteiger partial charge on any atom is -0.444 e. The van der Waals surface area contributed by atoms with Crippen LogP contribution in [0.1, 0.15) is 66.6 Å². The molecule has 0 aliphatic carbocycles. The second-order valence-electron chi connectivity index (χ2n) is 11.3. The molecule has 0 saturated carbocycles. The number of fused-ring (bicyclic) bond motifs is 1. The highest BCUT2D eigenvalue weighted by Gasteiger charge is 2.36. The number of benzene rings is 1. The predicted molar refractivity (Wildman–Crippen MR) is 150 cm³/mol. The number of anilines is 2. The molecule has 2 aromatic rings. The molecular weight excluding hydrogens is 610 g/mol. The van der Waals surface area contributed by atoms with E-state index in [4.69, 9.17) is 4.74 Å². The molecule has 200 valence electrons. The van der Waals surface area contributed by atoms with Crippen molar-refractivity contribution in [2.75, 3.05) is 25.0 Å². The zero-order valence-corrected chi connectivity index (χ0v) is 24.6. The zero-order valence-electron chi connectivity index (χ0n) is 21.6. The highest BCUT2D eigenvalue weighted by molar-refractivity contribution is 14.1.